The minimum absolute atomic E-state index is 0.966. The zero-order valence-corrected chi connectivity index (χ0v) is 15.4. The topological polar surface area (TPSA) is 50.3 Å². The number of hydrogen-bond acceptors (Lipinski definition) is 4. The largest absolute Gasteiger partial charge is 0.464 e. The van der Waals surface area contributed by atoms with Gasteiger partial charge in [-0.05, 0) is 87.6 Å². The Morgan fingerprint density at radius 1 is 0.654 bits per heavy atom. The van der Waals surface area contributed by atoms with Crippen molar-refractivity contribution in [3.05, 3.63) is 72.2 Å². The van der Waals surface area contributed by atoms with E-state index in [0.29, 0.717) is 0 Å². The molecule has 0 radical (unpaired) electrons. The van der Waals surface area contributed by atoms with E-state index in [9.17, 15) is 0 Å². The fourth-order valence-corrected chi connectivity index (χ4v) is 2.88. The van der Waals surface area contributed by atoms with Crippen LogP contribution in [-0.2, 0) is 12.8 Å². The summed E-state index contributed by atoms with van der Waals surface area (Å²) in [5.74, 6) is 0. The molecule has 0 saturated heterocycles. The standard InChI is InChI=1S/2C11H13NO/c2*1-12-6-4-9-2-3-11-10(8-9)5-7-13-11/h2*2-3,5,7-8,12H,4,6H2,1H3. The highest BCUT2D eigenvalue weighted by atomic mass is 16.3. The zero-order valence-electron chi connectivity index (χ0n) is 15.4. The first-order valence-electron chi connectivity index (χ1n) is 9.01. The molecule has 4 rings (SSSR count). The van der Waals surface area contributed by atoms with Gasteiger partial charge in [0.2, 0.25) is 0 Å². The van der Waals surface area contributed by atoms with Crippen LogP contribution >= 0.6 is 0 Å². The average molecular weight is 350 g/mol. The van der Waals surface area contributed by atoms with Crippen LogP contribution < -0.4 is 10.6 Å². The van der Waals surface area contributed by atoms with Gasteiger partial charge in [-0.2, -0.15) is 0 Å². The molecule has 0 aliphatic heterocycles. The fourth-order valence-electron chi connectivity index (χ4n) is 2.88. The van der Waals surface area contributed by atoms with Gasteiger partial charge in [0.15, 0.2) is 0 Å². The van der Waals surface area contributed by atoms with Crippen LogP contribution in [0.2, 0.25) is 0 Å². The van der Waals surface area contributed by atoms with Crippen LogP contribution in [0.5, 0.6) is 0 Å². The second-order valence-corrected chi connectivity index (χ2v) is 6.29. The number of likely N-dealkylation sites (N-methyl/N-ethyl adjacent to an activating group) is 2. The van der Waals surface area contributed by atoms with Crippen LogP contribution in [0.3, 0.4) is 0 Å². The SMILES string of the molecule is CNCCc1ccc2occc2c1.CNCCc1ccc2occc2c1. The maximum atomic E-state index is 5.26. The maximum absolute atomic E-state index is 5.26. The van der Waals surface area contributed by atoms with Crippen molar-refractivity contribution in [3.63, 3.8) is 0 Å². The first kappa shape index (κ1) is 18.2. The molecule has 0 fully saturated rings. The minimum atomic E-state index is 0.966. The van der Waals surface area contributed by atoms with E-state index in [1.165, 1.54) is 21.9 Å². The van der Waals surface area contributed by atoms with E-state index in [2.05, 4.69) is 34.9 Å². The molecule has 2 heterocycles. The van der Waals surface area contributed by atoms with Gasteiger partial charge in [0, 0.05) is 10.8 Å². The Bertz CT molecular complexity index is 861. The summed E-state index contributed by atoms with van der Waals surface area (Å²) in [6.45, 7) is 2.03. The summed E-state index contributed by atoms with van der Waals surface area (Å²) < 4.78 is 10.5. The second kappa shape index (κ2) is 9.22. The molecule has 0 atom stereocenters. The summed E-state index contributed by atoms with van der Waals surface area (Å²) in [4.78, 5) is 0. The van der Waals surface area contributed by atoms with Gasteiger partial charge >= 0.3 is 0 Å². The Morgan fingerprint density at radius 2 is 1.12 bits per heavy atom. The first-order valence-corrected chi connectivity index (χ1v) is 9.01. The van der Waals surface area contributed by atoms with Crippen molar-refractivity contribution < 1.29 is 8.83 Å². The molecule has 4 nitrogen and oxygen atoms in total. The summed E-state index contributed by atoms with van der Waals surface area (Å²) in [5, 5.41) is 8.65. The monoisotopic (exact) mass is 350 g/mol. The number of furan rings is 2. The van der Waals surface area contributed by atoms with Crippen molar-refractivity contribution in [3.8, 4) is 0 Å². The molecular weight excluding hydrogens is 324 g/mol. The van der Waals surface area contributed by atoms with Crippen LogP contribution in [0, 0.1) is 0 Å². The summed E-state index contributed by atoms with van der Waals surface area (Å²) in [7, 11) is 3.94. The average Bonchev–Trinajstić information content (AvgIpc) is 3.33. The smallest absolute Gasteiger partial charge is 0.133 e. The van der Waals surface area contributed by atoms with Crippen molar-refractivity contribution in [1.82, 2.24) is 10.6 Å². The summed E-state index contributed by atoms with van der Waals surface area (Å²) in [6, 6.07) is 16.6. The van der Waals surface area contributed by atoms with Crippen LogP contribution in [0.25, 0.3) is 21.9 Å². The van der Waals surface area contributed by atoms with E-state index >= 15 is 0 Å². The molecular formula is C22H26N2O2. The lowest BCUT2D eigenvalue weighted by atomic mass is 10.1. The molecule has 136 valence electrons. The predicted octanol–water partition coefficient (Wildman–Crippen LogP) is 4.39. The number of rotatable bonds is 6. The van der Waals surface area contributed by atoms with Crippen LogP contribution in [0.15, 0.2) is 69.9 Å². The van der Waals surface area contributed by atoms with E-state index in [0.717, 1.165) is 37.1 Å². The second-order valence-electron chi connectivity index (χ2n) is 6.29. The van der Waals surface area contributed by atoms with Gasteiger partial charge in [-0.15, -0.1) is 0 Å². The maximum Gasteiger partial charge on any atom is 0.133 e. The predicted molar refractivity (Wildman–Crippen MR) is 108 cm³/mol. The first-order chi connectivity index (χ1) is 12.8. The molecule has 0 aliphatic carbocycles. The van der Waals surface area contributed by atoms with Gasteiger partial charge in [0.1, 0.15) is 11.2 Å². The summed E-state index contributed by atoms with van der Waals surface area (Å²) in [6.07, 6.45) is 5.59. The molecule has 4 aromatic rings. The Balaban J connectivity index is 0.000000151. The van der Waals surface area contributed by atoms with Gasteiger partial charge in [-0.25, -0.2) is 0 Å². The van der Waals surface area contributed by atoms with E-state index in [1.807, 2.05) is 38.4 Å². The van der Waals surface area contributed by atoms with Crippen molar-refractivity contribution in [2.45, 2.75) is 12.8 Å². The van der Waals surface area contributed by atoms with Gasteiger partial charge in [-0.3, -0.25) is 0 Å². The Labute approximate surface area is 154 Å². The van der Waals surface area contributed by atoms with Gasteiger partial charge in [0.05, 0.1) is 12.5 Å². The molecule has 0 saturated carbocycles. The van der Waals surface area contributed by atoms with Gasteiger partial charge < -0.3 is 19.5 Å². The highest BCUT2D eigenvalue weighted by Crippen LogP contribution is 2.17. The Kier molecular flexibility index (Phi) is 6.47. The highest BCUT2D eigenvalue weighted by molar-refractivity contribution is 5.78. The van der Waals surface area contributed by atoms with Crippen LogP contribution in [-0.4, -0.2) is 27.2 Å². The quantitative estimate of drug-likeness (QED) is 0.541. The third-order valence-corrected chi connectivity index (χ3v) is 4.36. The van der Waals surface area contributed by atoms with Crippen molar-refractivity contribution in [1.29, 1.82) is 0 Å². The lowest BCUT2D eigenvalue weighted by molar-refractivity contribution is 0.615. The molecule has 2 aromatic carbocycles. The van der Waals surface area contributed by atoms with E-state index in [1.54, 1.807) is 12.5 Å². The zero-order chi connectivity index (χ0) is 18.2. The van der Waals surface area contributed by atoms with Gasteiger partial charge in [0.25, 0.3) is 0 Å². The molecule has 0 unspecified atom stereocenters. The molecule has 0 aliphatic rings. The van der Waals surface area contributed by atoms with Crippen LogP contribution in [0.4, 0.5) is 0 Å². The number of fused-ring (bicyclic) bond motifs is 2. The molecule has 4 heteroatoms. The number of nitrogens with one attached hydrogen (secondary N) is 2. The normalized spacial score (nSPS) is 10.8. The molecule has 2 aromatic heterocycles. The molecule has 0 spiro atoms. The number of benzene rings is 2. The van der Waals surface area contributed by atoms with E-state index in [4.69, 9.17) is 8.83 Å². The molecule has 0 amide bonds. The summed E-state index contributed by atoms with van der Waals surface area (Å²) >= 11 is 0. The van der Waals surface area contributed by atoms with Crippen molar-refractivity contribution >= 4 is 21.9 Å². The Hall–Kier alpha value is -2.56. The van der Waals surface area contributed by atoms with Crippen molar-refractivity contribution in [2.24, 2.45) is 0 Å². The Morgan fingerprint density at radius 3 is 1.54 bits per heavy atom. The van der Waals surface area contributed by atoms with Crippen molar-refractivity contribution in [2.75, 3.05) is 27.2 Å². The lowest BCUT2D eigenvalue weighted by Crippen LogP contribution is -2.09. The fraction of sp³-hybridized carbons (Fsp3) is 0.273. The van der Waals surface area contributed by atoms with E-state index < -0.39 is 0 Å². The van der Waals surface area contributed by atoms with Gasteiger partial charge in [-0.1, -0.05) is 12.1 Å². The number of hydrogen-bond donors (Lipinski definition) is 2. The summed E-state index contributed by atoms with van der Waals surface area (Å²) in [5.41, 5.74) is 4.63. The highest BCUT2D eigenvalue weighted by Gasteiger charge is 1.98. The molecule has 0 bridgehead atoms. The molecule has 26 heavy (non-hydrogen) atoms. The van der Waals surface area contributed by atoms with Crippen LogP contribution in [0.1, 0.15) is 11.1 Å². The lowest BCUT2D eigenvalue weighted by Gasteiger charge is -1.99. The third kappa shape index (κ3) is 4.75. The molecule has 2 N–H and O–H groups in total. The minimum Gasteiger partial charge on any atom is -0.464 e. The third-order valence-electron chi connectivity index (χ3n) is 4.36. The van der Waals surface area contributed by atoms with E-state index in [-0.39, 0.29) is 0 Å².